The summed E-state index contributed by atoms with van der Waals surface area (Å²) in [5, 5.41) is 0.142. The summed E-state index contributed by atoms with van der Waals surface area (Å²) in [6, 6.07) is 18.7. The molecule has 1 aliphatic rings. The number of amides is 1. The highest BCUT2D eigenvalue weighted by molar-refractivity contribution is 8.00. The van der Waals surface area contributed by atoms with Crippen LogP contribution in [0, 0.1) is 6.92 Å². The van der Waals surface area contributed by atoms with Gasteiger partial charge < -0.3 is 4.90 Å². The molecule has 0 aliphatic carbocycles. The zero-order valence-electron chi connectivity index (χ0n) is 11.5. The number of nitrogens with zero attached hydrogens (tertiary/aromatic N) is 1. The van der Waals surface area contributed by atoms with Crippen LogP contribution in [0.25, 0.3) is 0 Å². The van der Waals surface area contributed by atoms with E-state index in [4.69, 9.17) is 0 Å². The Morgan fingerprint density at radius 1 is 1.10 bits per heavy atom. The standard InChI is InChI=1S/C17H17NOS/c1-13-7-9-15(10-8-13)17-18(16(19)12-20-17)11-14-5-3-2-4-6-14/h2-10,17H,11-12H2,1H3/t17-/m1/s1. The minimum absolute atomic E-state index is 0.142. The monoisotopic (exact) mass is 283 g/mol. The summed E-state index contributed by atoms with van der Waals surface area (Å²) >= 11 is 1.71. The van der Waals surface area contributed by atoms with Gasteiger partial charge in [0.1, 0.15) is 5.37 Å². The molecular formula is C17H17NOS. The third-order valence-corrected chi connectivity index (χ3v) is 4.78. The molecule has 0 bridgehead atoms. The molecule has 2 aromatic carbocycles. The van der Waals surface area contributed by atoms with E-state index in [0.29, 0.717) is 12.3 Å². The maximum Gasteiger partial charge on any atom is 0.234 e. The van der Waals surface area contributed by atoms with Gasteiger partial charge >= 0.3 is 0 Å². The summed E-state index contributed by atoms with van der Waals surface area (Å²) < 4.78 is 0. The molecule has 0 spiro atoms. The predicted octanol–water partition coefficient (Wildman–Crippen LogP) is 3.77. The molecule has 2 nitrogen and oxygen atoms in total. The van der Waals surface area contributed by atoms with E-state index in [1.807, 2.05) is 23.1 Å². The second-order valence-corrected chi connectivity index (χ2v) is 6.15. The molecule has 0 N–H and O–H groups in total. The summed E-state index contributed by atoms with van der Waals surface area (Å²) in [6.45, 7) is 2.77. The molecule has 20 heavy (non-hydrogen) atoms. The van der Waals surface area contributed by atoms with Gasteiger partial charge in [-0.05, 0) is 18.1 Å². The fourth-order valence-corrected chi connectivity index (χ4v) is 3.60. The molecule has 1 heterocycles. The van der Waals surface area contributed by atoms with Crippen molar-refractivity contribution >= 4 is 17.7 Å². The number of thioether (sulfide) groups is 1. The molecule has 1 aliphatic heterocycles. The molecule has 1 fully saturated rings. The van der Waals surface area contributed by atoms with Crippen LogP contribution >= 0.6 is 11.8 Å². The van der Waals surface area contributed by atoms with Gasteiger partial charge in [-0.2, -0.15) is 0 Å². The third kappa shape index (κ3) is 2.73. The van der Waals surface area contributed by atoms with Crippen LogP contribution in [0.3, 0.4) is 0 Å². The van der Waals surface area contributed by atoms with Gasteiger partial charge in [-0.25, -0.2) is 0 Å². The maximum atomic E-state index is 12.1. The molecule has 0 saturated carbocycles. The molecule has 1 amide bonds. The van der Waals surface area contributed by atoms with Gasteiger partial charge in [0.05, 0.1) is 5.75 Å². The average Bonchev–Trinajstić information content (AvgIpc) is 2.83. The lowest BCUT2D eigenvalue weighted by Crippen LogP contribution is -2.27. The number of aryl methyl sites for hydroxylation is 1. The molecular weight excluding hydrogens is 266 g/mol. The van der Waals surface area contributed by atoms with Gasteiger partial charge in [0.15, 0.2) is 0 Å². The smallest absolute Gasteiger partial charge is 0.234 e. The van der Waals surface area contributed by atoms with E-state index in [1.165, 1.54) is 16.7 Å². The normalized spacial score (nSPS) is 18.6. The van der Waals surface area contributed by atoms with Gasteiger partial charge in [-0.15, -0.1) is 11.8 Å². The first-order valence-electron chi connectivity index (χ1n) is 6.75. The van der Waals surface area contributed by atoms with Crippen molar-refractivity contribution in [2.75, 3.05) is 5.75 Å². The van der Waals surface area contributed by atoms with Crippen LogP contribution in [0.4, 0.5) is 0 Å². The molecule has 0 radical (unpaired) electrons. The SMILES string of the molecule is Cc1ccc([C@H]2SCC(=O)N2Cc2ccccc2)cc1. The Morgan fingerprint density at radius 3 is 2.50 bits per heavy atom. The van der Waals surface area contributed by atoms with Crippen molar-refractivity contribution in [3.63, 3.8) is 0 Å². The molecule has 2 aromatic rings. The first kappa shape index (κ1) is 13.3. The van der Waals surface area contributed by atoms with Crippen molar-refractivity contribution in [1.29, 1.82) is 0 Å². The summed E-state index contributed by atoms with van der Waals surface area (Å²) in [5.74, 6) is 0.801. The fourth-order valence-electron chi connectivity index (χ4n) is 2.41. The highest BCUT2D eigenvalue weighted by Crippen LogP contribution is 2.39. The predicted molar refractivity (Wildman–Crippen MR) is 83.4 cm³/mol. The van der Waals surface area contributed by atoms with Crippen molar-refractivity contribution < 1.29 is 4.79 Å². The van der Waals surface area contributed by atoms with Crippen LogP contribution in [0.15, 0.2) is 54.6 Å². The van der Waals surface area contributed by atoms with E-state index in [0.717, 1.165) is 0 Å². The first-order valence-corrected chi connectivity index (χ1v) is 7.80. The minimum atomic E-state index is 0.142. The summed E-state index contributed by atoms with van der Waals surface area (Å²) in [5.41, 5.74) is 3.64. The largest absolute Gasteiger partial charge is 0.322 e. The number of carbonyl (C=O) groups is 1. The van der Waals surface area contributed by atoms with Crippen LogP contribution in [-0.4, -0.2) is 16.6 Å². The number of carbonyl (C=O) groups excluding carboxylic acids is 1. The lowest BCUT2D eigenvalue weighted by atomic mass is 10.1. The molecule has 1 saturated heterocycles. The highest BCUT2D eigenvalue weighted by atomic mass is 32.2. The second-order valence-electron chi connectivity index (χ2n) is 5.08. The van der Waals surface area contributed by atoms with E-state index in [-0.39, 0.29) is 11.3 Å². The Bertz CT molecular complexity index is 594. The third-order valence-electron chi connectivity index (χ3n) is 3.53. The molecule has 1 atom stereocenters. The lowest BCUT2D eigenvalue weighted by Gasteiger charge is -2.24. The van der Waals surface area contributed by atoms with Gasteiger partial charge in [0, 0.05) is 6.54 Å². The molecule has 102 valence electrons. The zero-order valence-corrected chi connectivity index (χ0v) is 12.3. The van der Waals surface area contributed by atoms with Crippen LogP contribution in [-0.2, 0) is 11.3 Å². The molecule has 3 heteroatoms. The summed E-state index contributed by atoms with van der Waals surface area (Å²) in [7, 11) is 0. The van der Waals surface area contributed by atoms with Crippen molar-refractivity contribution in [2.24, 2.45) is 0 Å². The van der Waals surface area contributed by atoms with Gasteiger partial charge in [0.25, 0.3) is 0 Å². The summed E-state index contributed by atoms with van der Waals surface area (Å²) in [6.07, 6.45) is 0. The van der Waals surface area contributed by atoms with E-state index in [1.54, 1.807) is 11.8 Å². The quantitative estimate of drug-likeness (QED) is 0.854. The van der Waals surface area contributed by atoms with Crippen molar-refractivity contribution in [3.05, 3.63) is 71.3 Å². The van der Waals surface area contributed by atoms with Crippen molar-refractivity contribution in [2.45, 2.75) is 18.8 Å². The number of hydrogen-bond donors (Lipinski definition) is 0. The van der Waals surface area contributed by atoms with Gasteiger partial charge in [-0.1, -0.05) is 60.2 Å². The Kier molecular flexibility index (Phi) is 3.79. The topological polar surface area (TPSA) is 20.3 Å². The molecule has 0 aromatic heterocycles. The van der Waals surface area contributed by atoms with Crippen LogP contribution in [0.2, 0.25) is 0 Å². The highest BCUT2D eigenvalue weighted by Gasteiger charge is 2.32. The molecule has 3 rings (SSSR count). The van der Waals surface area contributed by atoms with E-state index >= 15 is 0 Å². The first-order chi connectivity index (χ1) is 9.74. The molecule has 0 unspecified atom stereocenters. The van der Waals surface area contributed by atoms with Crippen LogP contribution in [0.1, 0.15) is 22.1 Å². The Balaban J connectivity index is 1.83. The Morgan fingerprint density at radius 2 is 1.80 bits per heavy atom. The Hall–Kier alpha value is -1.74. The number of hydrogen-bond acceptors (Lipinski definition) is 2. The average molecular weight is 283 g/mol. The van der Waals surface area contributed by atoms with Crippen LogP contribution in [0.5, 0.6) is 0 Å². The minimum Gasteiger partial charge on any atom is -0.322 e. The van der Waals surface area contributed by atoms with E-state index < -0.39 is 0 Å². The number of rotatable bonds is 3. The second kappa shape index (κ2) is 5.71. The van der Waals surface area contributed by atoms with E-state index in [9.17, 15) is 4.79 Å². The van der Waals surface area contributed by atoms with Crippen molar-refractivity contribution in [3.8, 4) is 0 Å². The zero-order chi connectivity index (χ0) is 13.9. The number of benzene rings is 2. The van der Waals surface area contributed by atoms with Crippen molar-refractivity contribution in [1.82, 2.24) is 4.90 Å². The Labute approximate surface area is 123 Å². The maximum absolute atomic E-state index is 12.1. The lowest BCUT2D eigenvalue weighted by molar-refractivity contribution is -0.128. The van der Waals surface area contributed by atoms with Gasteiger partial charge in [0.2, 0.25) is 5.91 Å². The van der Waals surface area contributed by atoms with Gasteiger partial charge in [-0.3, -0.25) is 4.79 Å². The fraction of sp³-hybridized carbons (Fsp3) is 0.235. The summed E-state index contributed by atoms with van der Waals surface area (Å²) in [4.78, 5) is 14.1. The van der Waals surface area contributed by atoms with Crippen LogP contribution < -0.4 is 0 Å². The van der Waals surface area contributed by atoms with E-state index in [2.05, 4.69) is 43.3 Å².